The van der Waals surface area contributed by atoms with E-state index in [-0.39, 0.29) is 5.82 Å². The Labute approximate surface area is 132 Å². The Morgan fingerprint density at radius 3 is 2.95 bits per heavy atom. The van der Waals surface area contributed by atoms with Gasteiger partial charge in [-0.05, 0) is 18.6 Å². The van der Waals surface area contributed by atoms with Crippen LogP contribution in [0.1, 0.15) is 17.6 Å². The Hall–Kier alpha value is -2.21. The van der Waals surface area contributed by atoms with Crippen molar-refractivity contribution in [2.75, 3.05) is 7.11 Å². The highest BCUT2D eigenvalue weighted by Crippen LogP contribution is 2.31. The molecule has 0 saturated heterocycles. The van der Waals surface area contributed by atoms with Crippen LogP contribution in [0.3, 0.4) is 0 Å². The van der Waals surface area contributed by atoms with Gasteiger partial charge in [0.1, 0.15) is 22.4 Å². The summed E-state index contributed by atoms with van der Waals surface area (Å²) >= 11 is 1.61. The number of imidazole rings is 1. The highest BCUT2D eigenvalue weighted by Gasteiger charge is 2.17. The van der Waals surface area contributed by atoms with E-state index in [2.05, 4.69) is 22.3 Å². The summed E-state index contributed by atoms with van der Waals surface area (Å²) in [4.78, 5) is 8.85. The van der Waals surface area contributed by atoms with Crippen LogP contribution in [0.5, 0.6) is 5.75 Å². The van der Waals surface area contributed by atoms with Crippen molar-refractivity contribution in [2.24, 2.45) is 0 Å². The van der Waals surface area contributed by atoms with Gasteiger partial charge in [-0.15, -0.1) is 11.3 Å². The van der Waals surface area contributed by atoms with Crippen LogP contribution < -0.4 is 4.74 Å². The molecule has 0 atom stereocenters. The minimum atomic E-state index is -0.347. The van der Waals surface area contributed by atoms with Gasteiger partial charge >= 0.3 is 0 Å². The van der Waals surface area contributed by atoms with Crippen molar-refractivity contribution in [2.45, 2.75) is 19.9 Å². The number of thiazole rings is 1. The number of hydrogen-bond donors (Lipinski definition) is 0. The summed E-state index contributed by atoms with van der Waals surface area (Å²) in [6, 6.07) is 4.77. The number of nitrogens with zero attached hydrogens (tertiary/aromatic N) is 3. The number of benzene rings is 1. The molecule has 6 heteroatoms. The predicted molar refractivity (Wildman–Crippen MR) is 84.8 cm³/mol. The molecule has 0 aliphatic rings. The number of aromatic nitrogens is 3. The molecule has 3 rings (SSSR count). The molecule has 2 heterocycles. The lowest BCUT2D eigenvalue weighted by atomic mass is 10.1. The van der Waals surface area contributed by atoms with Crippen molar-refractivity contribution in [1.29, 1.82) is 0 Å². The molecule has 0 saturated carbocycles. The summed E-state index contributed by atoms with van der Waals surface area (Å²) in [5.41, 5.74) is 1.45. The smallest absolute Gasteiger partial charge is 0.147 e. The second-order valence-corrected chi connectivity index (χ2v) is 5.72. The highest BCUT2D eigenvalue weighted by atomic mass is 32.1. The fraction of sp³-hybridized carbons (Fsp3) is 0.250. The first kappa shape index (κ1) is 14.7. The molecular weight excluding hydrogens is 301 g/mol. The third-order valence-corrected chi connectivity index (χ3v) is 4.28. The van der Waals surface area contributed by atoms with Gasteiger partial charge in [0.05, 0.1) is 24.9 Å². The Morgan fingerprint density at radius 2 is 2.23 bits per heavy atom. The topological polar surface area (TPSA) is 39.9 Å². The zero-order valence-electron chi connectivity index (χ0n) is 12.4. The van der Waals surface area contributed by atoms with Gasteiger partial charge in [-0.1, -0.05) is 13.0 Å². The lowest BCUT2D eigenvalue weighted by Crippen LogP contribution is -2.03. The molecule has 0 unspecified atom stereocenters. The van der Waals surface area contributed by atoms with Crippen LogP contribution >= 0.6 is 11.3 Å². The van der Waals surface area contributed by atoms with E-state index in [1.165, 1.54) is 13.2 Å². The maximum atomic E-state index is 14.2. The van der Waals surface area contributed by atoms with Gasteiger partial charge in [0, 0.05) is 17.8 Å². The van der Waals surface area contributed by atoms with E-state index in [1.54, 1.807) is 29.7 Å². The number of rotatable bonds is 5. The molecule has 0 amide bonds. The van der Waals surface area contributed by atoms with E-state index in [0.717, 1.165) is 17.1 Å². The average molecular weight is 317 g/mol. The van der Waals surface area contributed by atoms with Crippen molar-refractivity contribution < 1.29 is 9.13 Å². The second kappa shape index (κ2) is 6.27. The summed E-state index contributed by atoms with van der Waals surface area (Å²) in [6.45, 7) is 2.64. The van der Waals surface area contributed by atoms with Gasteiger partial charge in [0.2, 0.25) is 0 Å². The molecule has 4 nitrogen and oxygen atoms in total. The first-order chi connectivity index (χ1) is 10.7. The van der Waals surface area contributed by atoms with Crippen LogP contribution in [-0.2, 0) is 13.0 Å². The summed E-state index contributed by atoms with van der Waals surface area (Å²) < 4.78 is 21.4. The van der Waals surface area contributed by atoms with Crippen LogP contribution in [0.15, 0.2) is 36.0 Å². The Morgan fingerprint density at radius 1 is 1.36 bits per heavy atom. The maximum Gasteiger partial charge on any atom is 0.147 e. The van der Waals surface area contributed by atoms with Crippen molar-refractivity contribution in [1.82, 2.24) is 14.5 Å². The Bertz CT molecular complexity index is 781. The molecule has 0 N–H and O–H groups in total. The first-order valence-corrected chi connectivity index (χ1v) is 7.88. The third kappa shape index (κ3) is 2.74. The molecule has 0 bridgehead atoms. The molecule has 3 aromatic rings. The summed E-state index contributed by atoms with van der Waals surface area (Å²) in [6.07, 6.45) is 4.40. The molecule has 0 aliphatic heterocycles. The SMILES string of the molecule is CCc1csc(Cn2ccnc2-c2c(F)cccc2OC)n1. The molecule has 0 radical (unpaired) electrons. The van der Waals surface area contributed by atoms with Crippen molar-refractivity contribution in [3.05, 3.63) is 52.5 Å². The fourth-order valence-corrected chi connectivity index (χ4v) is 3.16. The zero-order valence-corrected chi connectivity index (χ0v) is 13.2. The van der Waals surface area contributed by atoms with Crippen LogP contribution in [-0.4, -0.2) is 21.6 Å². The minimum absolute atomic E-state index is 0.347. The molecule has 2 aromatic heterocycles. The van der Waals surface area contributed by atoms with Gasteiger partial charge in [0.25, 0.3) is 0 Å². The monoisotopic (exact) mass is 317 g/mol. The summed E-state index contributed by atoms with van der Waals surface area (Å²) in [7, 11) is 1.53. The Kier molecular flexibility index (Phi) is 4.20. The van der Waals surface area contributed by atoms with E-state index in [1.807, 2.05) is 10.8 Å². The minimum Gasteiger partial charge on any atom is -0.496 e. The number of halogens is 1. The number of hydrogen-bond acceptors (Lipinski definition) is 4. The quantitative estimate of drug-likeness (QED) is 0.719. The van der Waals surface area contributed by atoms with Crippen LogP contribution in [0.4, 0.5) is 4.39 Å². The van der Waals surface area contributed by atoms with E-state index in [4.69, 9.17) is 4.74 Å². The van der Waals surface area contributed by atoms with Gasteiger partial charge in [0.15, 0.2) is 0 Å². The van der Waals surface area contributed by atoms with E-state index in [9.17, 15) is 4.39 Å². The predicted octanol–water partition coefficient (Wildman–Crippen LogP) is 3.77. The molecule has 22 heavy (non-hydrogen) atoms. The molecule has 1 aromatic carbocycles. The van der Waals surface area contributed by atoms with Crippen molar-refractivity contribution in [3.8, 4) is 17.1 Å². The van der Waals surface area contributed by atoms with Crippen LogP contribution in [0.25, 0.3) is 11.4 Å². The van der Waals surface area contributed by atoms with Gasteiger partial charge < -0.3 is 9.30 Å². The van der Waals surface area contributed by atoms with Crippen LogP contribution in [0, 0.1) is 5.82 Å². The van der Waals surface area contributed by atoms with Gasteiger partial charge in [-0.3, -0.25) is 0 Å². The van der Waals surface area contributed by atoms with Gasteiger partial charge in [-0.25, -0.2) is 14.4 Å². The van der Waals surface area contributed by atoms with Crippen molar-refractivity contribution in [3.63, 3.8) is 0 Å². The fourth-order valence-electron chi connectivity index (χ4n) is 2.29. The van der Waals surface area contributed by atoms with Crippen LogP contribution in [0.2, 0.25) is 0 Å². The number of aryl methyl sites for hydroxylation is 1. The standard InChI is InChI=1S/C16H16FN3OS/c1-3-11-10-22-14(19-11)9-20-8-7-18-16(20)15-12(17)5-4-6-13(15)21-2/h4-8,10H,3,9H2,1-2H3. The molecule has 114 valence electrons. The summed E-state index contributed by atoms with van der Waals surface area (Å²) in [5, 5.41) is 3.03. The normalized spacial score (nSPS) is 10.9. The van der Waals surface area contributed by atoms with E-state index >= 15 is 0 Å². The van der Waals surface area contributed by atoms with E-state index in [0.29, 0.717) is 23.7 Å². The maximum absolute atomic E-state index is 14.2. The molecule has 0 spiro atoms. The number of ether oxygens (including phenoxy) is 1. The lowest BCUT2D eigenvalue weighted by Gasteiger charge is -2.11. The first-order valence-electron chi connectivity index (χ1n) is 7.00. The van der Waals surface area contributed by atoms with Gasteiger partial charge in [-0.2, -0.15) is 0 Å². The molecule has 0 fully saturated rings. The number of methoxy groups -OCH3 is 1. The zero-order chi connectivity index (χ0) is 15.5. The Balaban J connectivity index is 1.99. The highest BCUT2D eigenvalue weighted by molar-refractivity contribution is 7.09. The summed E-state index contributed by atoms with van der Waals surface area (Å²) in [5.74, 6) is 0.671. The second-order valence-electron chi connectivity index (χ2n) is 4.78. The van der Waals surface area contributed by atoms with Crippen molar-refractivity contribution >= 4 is 11.3 Å². The molecule has 0 aliphatic carbocycles. The lowest BCUT2D eigenvalue weighted by molar-refractivity contribution is 0.412. The molecular formula is C16H16FN3OS. The largest absolute Gasteiger partial charge is 0.496 e. The average Bonchev–Trinajstić information content (AvgIpc) is 3.16. The van der Waals surface area contributed by atoms with E-state index < -0.39 is 0 Å². The third-order valence-electron chi connectivity index (χ3n) is 3.40.